The molecule has 0 bridgehead atoms. The number of quaternary nitrogens is 1. The predicted octanol–water partition coefficient (Wildman–Crippen LogP) is 3.53. The van der Waals surface area contributed by atoms with Crippen molar-refractivity contribution >= 4 is 11.4 Å². The second-order valence-electron chi connectivity index (χ2n) is 4.46. The quantitative estimate of drug-likeness (QED) is 0.673. The molecular weight excluding hydrogens is 295 g/mol. The molecule has 1 rings (SSSR count). The molecule has 1 unspecified atom stereocenters. The fraction of sp³-hybridized carbons (Fsp3) is 0.600. The smallest absolute Gasteiger partial charge is 0.382 e. The lowest BCUT2D eigenvalue weighted by Crippen LogP contribution is -2.51. The zero-order chi connectivity index (χ0) is 17.2. The highest BCUT2D eigenvalue weighted by Gasteiger charge is 2.34. The molecule has 0 spiro atoms. The van der Waals surface area contributed by atoms with Gasteiger partial charge in [0.1, 0.15) is 0 Å². The fourth-order valence-electron chi connectivity index (χ4n) is 1.93. The summed E-state index contributed by atoms with van der Waals surface area (Å²) in [4.78, 5) is 4.57. The molecule has 7 heteroatoms. The number of nitrogens with one attached hydrogen (secondary N) is 2. The van der Waals surface area contributed by atoms with Gasteiger partial charge in [-0.15, -0.1) is 0 Å². The summed E-state index contributed by atoms with van der Waals surface area (Å²) in [6, 6.07) is 4.16. The van der Waals surface area contributed by atoms with E-state index in [2.05, 4.69) is 21.4 Å². The van der Waals surface area contributed by atoms with Gasteiger partial charge >= 0.3 is 6.18 Å². The molecule has 1 atom stereocenters. The first-order chi connectivity index (χ1) is 10.4. The van der Waals surface area contributed by atoms with E-state index in [1.54, 1.807) is 6.07 Å². The molecule has 1 aromatic carbocycles. The molecule has 0 saturated heterocycles. The van der Waals surface area contributed by atoms with Gasteiger partial charge in [-0.1, -0.05) is 20.8 Å². The van der Waals surface area contributed by atoms with E-state index in [9.17, 15) is 13.2 Å². The van der Waals surface area contributed by atoms with E-state index in [1.807, 2.05) is 20.8 Å². The Morgan fingerprint density at radius 3 is 2.36 bits per heavy atom. The van der Waals surface area contributed by atoms with Crippen LogP contribution in [0, 0.1) is 0 Å². The zero-order valence-corrected chi connectivity index (χ0v) is 13.7. The topological polar surface area (TPSA) is 60.9 Å². The monoisotopic (exact) mass is 322 g/mol. The van der Waals surface area contributed by atoms with Gasteiger partial charge in [-0.05, 0) is 24.6 Å². The average molecular weight is 322 g/mol. The lowest BCUT2D eigenvalue weighted by atomic mass is 10.1. The molecule has 0 aromatic heterocycles. The van der Waals surface area contributed by atoms with Gasteiger partial charge in [0.25, 0.3) is 0 Å². The summed E-state index contributed by atoms with van der Waals surface area (Å²) in [5, 5.41) is 3.10. The third kappa shape index (κ3) is 6.53. The number of benzene rings is 1. The van der Waals surface area contributed by atoms with Gasteiger partial charge in [0, 0.05) is 18.2 Å². The summed E-state index contributed by atoms with van der Waals surface area (Å²) in [5.41, 5.74) is 5.60. The van der Waals surface area contributed by atoms with Gasteiger partial charge in [0.05, 0.1) is 24.9 Å². The Hall–Kier alpha value is -1.47. The normalized spacial score (nSPS) is 12.2. The maximum absolute atomic E-state index is 13.0. The second kappa shape index (κ2) is 10.3. The molecule has 22 heavy (non-hydrogen) atoms. The van der Waals surface area contributed by atoms with Crippen molar-refractivity contribution in [2.45, 2.75) is 45.8 Å². The number of hydrogen-bond acceptors (Lipinski definition) is 3. The van der Waals surface area contributed by atoms with Crippen molar-refractivity contribution in [2.24, 2.45) is 0 Å². The van der Waals surface area contributed by atoms with Crippen LogP contribution in [0.5, 0.6) is 0 Å². The van der Waals surface area contributed by atoms with Crippen molar-refractivity contribution in [3.63, 3.8) is 0 Å². The molecule has 0 fully saturated rings. The van der Waals surface area contributed by atoms with Gasteiger partial charge in [-0.25, -0.2) is 0 Å². The maximum Gasteiger partial charge on any atom is 0.418 e. The van der Waals surface area contributed by atoms with Crippen molar-refractivity contribution in [2.75, 3.05) is 24.5 Å². The van der Waals surface area contributed by atoms with Crippen LogP contribution < -0.4 is 16.5 Å². The van der Waals surface area contributed by atoms with E-state index in [1.165, 1.54) is 13.2 Å². The van der Waals surface area contributed by atoms with E-state index in [0.717, 1.165) is 25.5 Å². The molecule has 0 heterocycles. The minimum atomic E-state index is -4.44. The Kier molecular flexibility index (Phi) is 9.60. The maximum atomic E-state index is 13.0. The molecule has 0 aliphatic heterocycles. The first kappa shape index (κ1) is 20.5. The fourth-order valence-corrected chi connectivity index (χ4v) is 1.93. The van der Waals surface area contributed by atoms with Crippen LogP contribution in [0.2, 0.25) is 0 Å². The van der Waals surface area contributed by atoms with E-state index < -0.39 is 11.7 Å². The molecule has 4 nitrogen and oxygen atoms in total. The van der Waals surface area contributed by atoms with Crippen molar-refractivity contribution in [1.82, 2.24) is 0 Å². The number of alkyl halides is 3. The van der Waals surface area contributed by atoms with E-state index in [4.69, 9.17) is 0 Å². The molecule has 0 aliphatic rings. The summed E-state index contributed by atoms with van der Waals surface area (Å²) in [6.07, 6.45) is -2.79. The molecule has 0 aliphatic carbocycles. The van der Waals surface area contributed by atoms with Gasteiger partial charge in [0.2, 0.25) is 0 Å². The first-order valence-corrected chi connectivity index (χ1v) is 7.48. The summed E-state index contributed by atoms with van der Waals surface area (Å²) < 4.78 is 39.0. The molecule has 0 radical (unpaired) electrons. The van der Waals surface area contributed by atoms with Crippen LogP contribution in [-0.4, -0.2) is 19.7 Å². The highest BCUT2D eigenvalue weighted by atomic mass is 19.4. The number of anilines is 2. The minimum Gasteiger partial charge on any atom is -0.382 e. The number of rotatable bonds is 7. The van der Waals surface area contributed by atoms with Crippen LogP contribution in [0.15, 0.2) is 18.2 Å². The predicted molar refractivity (Wildman–Crippen MR) is 83.5 cm³/mol. The van der Waals surface area contributed by atoms with Gasteiger partial charge in [0.15, 0.2) is 0 Å². The number of hydrogen-bond donors (Lipinski definition) is 3. The Morgan fingerprint density at radius 2 is 1.91 bits per heavy atom. The van der Waals surface area contributed by atoms with E-state index in [0.29, 0.717) is 5.69 Å². The molecular formula is C15H27F3N3O+. The summed E-state index contributed by atoms with van der Waals surface area (Å²) in [5.74, 6) is 0. The van der Waals surface area contributed by atoms with Crippen LogP contribution in [0.25, 0.3) is 0 Å². The average Bonchev–Trinajstić information content (AvgIpc) is 2.49. The van der Waals surface area contributed by atoms with E-state index >= 15 is 0 Å². The molecule has 128 valence electrons. The van der Waals surface area contributed by atoms with Crippen molar-refractivity contribution in [1.29, 1.82) is 0 Å². The summed E-state index contributed by atoms with van der Waals surface area (Å²) in [7, 11) is 1.27. The second-order valence-corrected chi connectivity index (χ2v) is 4.46. The van der Waals surface area contributed by atoms with E-state index in [-0.39, 0.29) is 11.7 Å². The third-order valence-electron chi connectivity index (χ3n) is 2.95. The van der Waals surface area contributed by atoms with Gasteiger partial charge in [-0.3, -0.25) is 10.3 Å². The molecule has 1 aromatic rings. The minimum absolute atomic E-state index is 0.101. The Morgan fingerprint density at radius 1 is 1.27 bits per heavy atom. The van der Waals surface area contributed by atoms with Crippen LogP contribution >= 0.6 is 0 Å². The first-order valence-electron chi connectivity index (χ1n) is 7.48. The molecule has 5 N–H and O–H groups in total. The highest BCUT2D eigenvalue weighted by Crippen LogP contribution is 2.36. The lowest BCUT2D eigenvalue weighted by Gasteiger charge is -2.19. The zero-order valence-electron chi connectivity index (χ0n) is 13.7. The van der Waals surface area contributed by atoms with Crippen LogP contribution in [0.1, 0.15) is 39.2 Å². The standard InChI is InChI=1S/C13H20F3N3O.C2H6/c1-3-9(6-7-17)18-10-4-5-12(19-20-2)11(8-10)13(14,15)16;1-2/h4-5,8-9,18-19H,3,6-7,17H2,1-2H3;1-2H3/p+1. The van der Waals surface area contributed by atoms with Crippen LogP contribution in [0.4, 0.5) is 24.5 Å². The Balaban J connectivity index is 0.00000211. The van der Waals surface area contributed by atoms with Gasteiger partial charge < -0.3 is 11.1 Å². The van der Waals surface area contributed by atoms with Gasteiger partial charge in [-0.2, -0.15) is 13.2 Å². The summed E-state index contributed by atoms with van der Waals surface area (Å²) >= 11 is 0. The summed E-state index contributed by atoms with van der Waals surface area (Å²) in [6.45, 7) is 6.72. The van der Waals surface area contributed by atoms with Crippen LogP contribution in [-0.2, 0) is 11.0 Å². The SMILES string of the molecule is CC.CCC(CC[NH3+])Nc1ccc(NOC)c(C(F)(F)F)c1. The highest BCUT2D eigenvalue weighted by molar-refractivity contribution is 5.60. The number of halogens is 3. The molecule has 0 saturated carbocycles. The molecule has 0 amide bonds. The lowest BCUT2D eigenvalue weighted by molar-refractivity contribution is -0.368. The largest absolute Gasteiger partial charge is 0.418 e. The van der Waals surface area contributed by atoms with Crippen molar-refractivity contribution < 1.29 is 23.7 Å². The van der Waals surface area contributed by atoms with Crippen molar-refractivity contribution in [3.05, 3.63) is 23.8 Å². The third-order valence-corrected chi connectivity index (χ3v) is 2.95. The Bertz CT molecular complexity index is 425. The van der Waals surface area contributed by atoms with Crippen LogP contribution in [0.3, 0.4) is 0 Å². The Labute approximate surface area is 130 Å². The van der Waals surface area contributed by atoms with Crippen molar-refractivity contribution in [3.8, 4) is 0 Å².